The summed E-state index contributed by atoms with van der Waals surface area (Å²) >= 11 is 2.03. The van der Waals surface area contributed by atoms with Crippen LogP contribution in [0.5, 0.6) is 0 Å². The molecule has 0 saturated heterocycles. The maximum atomic E-state index is 13.0. The topological polar surface area (TPSA) is 34.1 Å². The Morgan fingerprint density at radius 3 is 2.20 bits per heavy atom. The average molecular weight is 468 g/mol. The summed E-state index contributed by atoms with van der Waals surface area (Å²) in [6.07, 6.45) is 4.78. The van der Waals surface area contributed by atoms with Crippen molar-refractivity contribution in [1.82, 2.24) is 0 Å². The summed E-state index contributed by atoms with van der Waals surface area (Å²) in [5.74, 6) is 0. The van der Waals surface area contributed by atoms with Gasteiger partial charge in [0.2, 0.25) is 9.84 Å². The quantitative estimate of drug-likeness (QED) is 0.340. The van der Waals surface area contributed by atoms with Crippen LogP contribution in [0.4, 0.5) is 0 Å². The highest BCUT2D eigenvalue weighted by Gasteiger charge is 2.22. The van der Waals surface area contributed by atoms with Gasteiger partial charge in [0.15, 0.2) is 0 Å². The first-order chi connectivity index (χ1) is 11.9. The first-order valence-electron chi connectivity index (χ1n) is 8.68. The zero-order chi connectivity index (χ0) is 18.3. The van der Waals surface area contributed by atoms with E-state index >= 15 is 0 Å². The standard InChI is InChI=1S/C21H25IO2S/c1-3-4-6-11-19(16-18-9-7-5-8-10-18)21(22)25(23,24)20-14-12-17(2)13-15-20/h5,7-10,12-15H,3-4,6,11,16H2,1-2H3/b21-19+. The van der Waals surface area contributed by atoms with E-state index in [1.165, 1.54) is 0 Å². The van der Waals surface area contributed by atoms with Gasteiger partial charge in [-0.25, -0.2) is 8.42 Å². The molecule has 2 nitrogen and oxygen atoms in total. The molecule has 0 aliphatic carbocycles. The van der Waals surface area contributed by atoms with Crippen LogP contribution in [0.1, 0.15) is 43.7 Å². The first kappa shape index (κ1) is 20.2. The zero-order valence-electron chi connectivity index (χ0n) is 14.8. The number of unbranched alkanes of at least 4 members (excludes halogenated alkanes) is 2. The number of rotatable bonds is 8. The number of aryl methyl sites for hydroxylation is 1. The predicted octanol–water partition coefficient (Wildman–Crippen LogP) is 6.24. The van der Waals surface area contributed by atoms with Crippen molar-refractivity contribution < 1.29 is 8.42 Å². The molecular weight excluding hydrogens is 443 g/mol. The second kappa shape index (κ2) is 9.53. The van der Waals surface area contributed by atoms with Crippen molar-refractivity contribution in [2.75, 3.05) is 0 Å². The zero-order valence-corrected chi connectivity index (χ0v) is 17.8. The lowest BCUT2D eigenvalue weighted by molar-refractivity contribution is 0.603. The second-order valence-electron chi connectivity index (χ2n) is 6.31. The van der Waals surface area contributed by atoms with Gasteiger partial charge in [0, 0.05) is 0 Å². The molecular formula is C21H25IO2S. The van der Waals surface area contributed by atoms with Crippen molar-refractivity contribution in [3.8, 4) is 0 Å². The van der Waals surface area contributed by atoms with Gasteiger partial charge >= 0.3 is 0 Å². The summed E-state index contributed by atoms with van der Waals surface area (Å²) in [5, 5.41) is 0. The second-order valence-corrected chi connectivity index (χ2v) is 10.0. The smallest absolute Gasteiger partial charge is 0.212 e. The van der Waals surface area contributed by atoms with Gasteiger partial charge in [-0.1, -0.05) is 67.8 Å². The van der Waals surface area contributed by atoms with E-state index in [0.29, 0.717) is 14.2 Å². The number of allylic oxidation sites excluding steroid dienone is 1. The Hall–Kier alpha value is -1.14. The van der Waals surface area contributed by atoms with Crippen molar-refractivity contribution in [1.29, 1.82) is 0 Å². The third-order valence-corrected chi connectivity index (χ3v) is 8.34. The average Bonchev–Trinajstić information content (AvgIpc) is 2.61. The van der Waals surface area contributed by atoms with Gasteiger partial charge < -0.3 is 0 Å². The first-order valence-corrected chi connectivity index (χ1v) is 11.2. The molecule has 0 aromatic heterocycles. The normalized spacial score (nSPS) is 12.8. The summed E-state index contributed by atoms with van der Waals surface area (Å²) in [4.78, 5) is 0.378. The van der Waals surface area contributed by atoms with Crippen molar-refractivity contribution >= 4 is 32.4 Å². The Bertz CT molecular complexity index is 807. The molecule has 25 heavy (non-hydrogen) atoms. The number of sulfone groups is 1. The fourth-order valence-electron chi connectivity index (χ4n) is 2.70. The summed E-state index contributed by atoms with van der Waals surface area (Å²) < 4.78 is 26.6. The molecule has 0 atom stereocenters. The molecule has 0 radical (unpaired) electrons. The minimum atomic E-state index is -3.45. The lowest BCUT2D eigenvalue weighted by atomic mass is 10.0. The monoisotopic (exact) mass is 468 g/mol. The van der Waals surface area contributed by atoms with E-state index in [0.717, 1.165) is 42.4 Å². The fraction of sp³-hybridized carbons (Fsp3) is 0.333. The maximum Gasteiger partial charge on any atom is 0.212 e. The van der Waals surface area contributed by atoms with Crippen molar-refractivity contribution in [2.24, 2.45) is 0 Å². The van der Waals surface area contributed by atoms with E-state index in [1.54, 1.807) is 12.1 Å². The van der Waals surface area contributed by atoms with E-state index in [9.17, 15) is 8.42 Å². The van der Waals surface area contributed by atoms with Crippen molar-refractivity contribution in [3.63, 3.8) is 0 Å². The van der Waals surface area contributed by atoms with Gasteiger partial charge in [-0.15, -0.1) is 0 Å². The molecule has 2 aromatic rings. The van der Waals surface area contributed by atoms with Gasteiger partial charge in [-0.3, -0.25) is 0 Å². The molecule has 2 aromatic carbocycles. The lowest BCUT2D eigenvalue weighted by Crippen LogP contribution is -2.05. The molecule has 0 amide bonds. The summed E-state index contributed by atoms with van der Waals surface area (Å²) in [6, 6.07) is 17.2. The summed E-state index contributed by atoms with van der Waals surface area (Å²) in [7, 11) is -3.45. The Morgan fingerprint density at radius 2 is 1.60 bits per heavy atom. The Kier molecular flexibility index (Phi) is 7.69. The molecule has 0 aliphatic heterocycles. The third kappa shape index (κ3) is 5.68. The molecule has 4 heteroatoms. The fourth-order valence-corrected chi connectivity index (χ4v) is 5.18. The van der Waals surface area contributed by atoms with Crippen LogP contribution >= 0.6 is 22.6 Å². The van der Waals surface area contributed by atoms with Crippen LogP contribution in [-0.4, -0.2) is 8.42 Å². The Labute approximate surface area is 165 Å². The number of hydrogen-bond donors (Lipinski definition) is 0. The van der Waals surface area contributed by atoms with Gasteiger partial charge in [-0.2, -0.15) is 0 Å². The maximum absolute atomic E-state index is 13.0. The van der Waals surface area contributed by atoms with Gasteiger partial charge in [-0.05, 0) is 72.0 Å². The van der Waals surface area contributed by atoms with Crippen molar-refractivity contribution in [2.45, 2.75) is 50.8 Å². The summed E-state index contributed by atoms with van der Waals surface area (Å²) in [5.41, 5.74) is 3.23. The van der Waals surface area contributed by atoms with Gasteiger partial charge in [0.25, 0.3) is 0 Å². The molecule has 0 spiro atoms. The summed E-state index contributed by atoms with van der Waals surface area (Å²) in [6.45, 7) is 4.12. The Balaban J connectivity index is 2.38. The number of benzene rings is 2. The van der Waals surface area contributed by atoms with Crippen LogP contribution in [0.15, 0.2) is 68.0 Å². The highest BCUT2D eigenvalue weighted by Crippen LogP contribution is 2.31. The Morgan fingerprint density at radius 1 is 0.960 bits per heavy atom. The molecule has 0 saturated carbocycles. The highest BCUT2D eigenvalue weighted by atomic mass is 127. The highest BCUT2D eigenvalue weighted by molar-refractivity contribution is 14.1. The van der Waals surface area contributed by atoms with Crippen LogP contribution in [-0.2, 0) is 16.3 Å². The van der Waals surface area contributed by atoms with Crippen LogP contribution in [0.25, 0.3) is 0 Å². The number of hydrogen-bond acceptors (Lipinski definition) is 2. The minimum absolute atomic E-state index is 0.378. The molecule has 0 aliphatic rings. The minimum Gasteiger partial charge on any atom is -0.218 e. The molecule has 2 rings (SSSR count). The van der Waals surface area contributed by atoms with E-state index in [2.05, 4.69) is 19.1 Å². The molecule has 0 N–H and O–H groups in total. The van der Waals surface area contributed by atoms with Gasteiger partial charge in [0.05, 0.1) is 4.90 Å². The van der Waals surface area contributed by atoms with E-state index < -0.39 is 9.84 Å². The lowest BCUT2D eigenvalue weighted by Gasteiger charge is -2.13. The van der Waals surface area contributed by atoms with E-state index in [4.69, 9.17) is 0 Å². The number of halogens is 1. The molecule has 0 unspecified atom stereocenters. The van der Waals surface area contributed by atoms with Crippen LogP contribution < -0.4 is 0 Å². The predicted molar refractivity (Wildman–Crippen MR) is 114 cm³/mol. The molecule has 0 bridgehead atoms. The molecule has 134 valence electrons. The van der Waals surface area contributed by atoms with Crippen LogP contribution in [0, 0.1) is 6.92 Å². The van der Waals surface area contributed by atoms with E-state index in [-0.39, 0.29) is 0 Å². The van der Waals surface area contributed by atoms with Gasteiger partial charge in [0.1, 0.15) is 2.91 Å². The van der Waals surface area contributed by atoms with Crippen molar-refractivity contribution in [3.05, 3.63) is 74.2 Å². The largest absolute Gasteiger partial charge is 0.218 e. The van der Waals surface area contributed by atoms with Crippen LogP contribution in [0.2, 0.25) is 0 Å². The third-order valence-electron chi connectivity index (χ3n) is 4.19. The molecule has 0 heterocycles. The SMILES string of the molecule is CCCCC/C(Cc1ccccc1)=C(/I)S(=O)(=O)c1ccc(C)cc1. The van der Waals surface area contributed by atoms with E-state index in [1.807, 2.05) is 59.8 Å². The van der Waals surface area contributed by atoms with Crippen LogP contribution in [0.3, 0.4) is 0 Å². The molecule has 0 fully saturated rings.